The van der Waals surface area contributed by atoms with Crippen LogP contribution < -0.4 is 10.4 Å². The van der Waals surface area contributed by atoms with Gasteiger partial charge in [0.05, 0.1) is 12.8 Å². The highest BCUT2D eigenvalue weighted by atomic mass is 16.5. The van der Waals surface area contributed by atoms with Crippen LogP contribution in [0.25, 0.3) is 11.3 Å². The minimum Gasteiger partial charge on any atom is -0.497 e. The molecule has 1 aromatic heterocycles. The maximum atomic E-state index is 13.1. The van der Waals surface area contributed by atoms with Gasteiger partial charge < -0.3 is 9.15 Å². The third-order valence-electron chi connectivity index (χ3n) is 5.22. The predicted octanol–water partition coefficient (Wildman–Crippen LogP) is 6.44. The zero-order chi connectivity index (χ0) is 22.3. The molecule has 0 saturated carbocycles. The van der Waals surface area contributed by atoms with Crippen LogP contribution in [0.4, 0.5) is 5.69 Å². The van der Waals surface area contributed by atoms with Crippen molar-refractivity contribution in [2.75, 3.05) is 7.11 Å². The Bertz CT molecular complexity index is 1220. The molecule has 0 saturated heterocycles. The molecule has 4 nitrogen and oxygen atoms in total. The molecule has 1 heterocycles. The summed E-state index contributed by atoms with van der Waals surface area (Å²) in [5.41, 5.74) is 4.24. The quantitative estimate of drug-likeness (QED) is 0.322. The van der Waals surface area contributed by atoms with Crippen molar-refractivity contribution in [2.24, 2.45) is 4.99 Å². The molecule has 0 atom stereocenters. The molecule has 0 amide bonds. The van der Waals surface area contributed by atoms with Crippen molar-refractivity contribution in [2.45, 2.75) is 19.8 Å². The summed E-state index contributed by atoms with van der Waals surface area (Å²) in [5.74, 6) is 1.28. The van der Waals surface area contributed by atoms with Gasteiger partial charge in [-0.15, -0.1) is 0 Å². The van der Waals surface area contributed by atoms with Gasteiger partial charge in [-0.25, -0.2) is 9.79 Å². The topological polar surface area (TPSA) is 51.8 Å². The molecule has 3 aromatic carbocycles. The lowest BCUT2D eigenvalue weighted by atomic mass is 10.0. The van der Waals surface area contributed by atoms with Gasteiger partial charge in [-0.2, -0.15) is 0 Å². The molecule has 0 aliphatic rings. The van der Waals surface area contributed by atoms with Gasteiger partial charge in [-0.3, -0.25) is 0 Å². The van der Waals surface area contributed by atoms with Crippen molar-refractivity contribution >= 4 is 11.4 Å². The van der Waals surface area contributed by atoms with Crippen LogP contribution in [-0.2, 0) is 6.42 Å². The van der Waals surface area contributed by atoms with Gasteiger partial charge in [0.2, 0.25) is 0 Å². The van der Waals surface area contributed by atoms with Crippen molar-refractivity contribution < 1.29 is 9.15 Å². The first kappa shape index (κ1) is 21.3. The summed E-state index contributed by atoms with van der Waals surface area (Å²) in [4.78, 5) is 18.0. The number of hydrogen-bond acceptors (Lipinski definition) is 4. The molecule has 0 spiro atoms. The molecule has 160 valence electrons. The van der Waals surface area contributed by atoms with Crippen LogP contribution in [0, 0.1) is 0 Å². The Morgan fingerprint density at radius 1 is 0.875 bits per heavy atom. The monoisotopic (exact) mass is 423 g/mol. The summed E-state index contributed by atoms with van der Waals surface area (Å²) in [6, 6.07) is 29.2. The van der Waals surface area contributed by atoms with Crippen molar-refractivity contribution in [3.05, 3.63) is 118 Å². The summed E-state index contributed by atoms with van der Waals surface area (Å²) >= 11 is 0. The van der Waals surface area contributed by atoms with E-state index in [-0.39, 0.29) is 0 Å². The Hall–Kier alpha value is -3.92. The summed E-state index contributed by atoms with van der Waals surface area (Å²) in [6.45, 7) is 2.09. The van der Waals surface area contributed by atoms with E-state index < -0.39 is 5.63 Å². The average Bonchev–Trinajstić information content (AvgIpc) is 2.85. The number of aliphatic imine (C=N–C) groups is 1. The number of nitrogens with zero attached hydrogens (tertiary/aromatic N) is 1. The Kier molecular flexibility index (Phi) is 6.61. The van der Waals surface area contributed by atoms with E-state index in [1.54, 1.807) is 7.11 Å². The molecule has 4 rings (SSSR count). The Balaban J connectivity index is 1.87. The maximum absolute atomic E-state index is 13.1. The Morgan fingerprint density at radius 2 is 1.47 bits per heavy atom. The minimum atomic E-state index is -0.439. The van der Waals surface area contributed by atoms with Crippen LogP contribution >= 0.6 is 0 Å². The van der Waals surface area contributed by atoms with E-state index in [1.165, 1.54) is 0 Å². The van der Waals surface area contributed by atoms with Gasteiger partial charge in [-0.05, 0) is 42.3 Å². The first-order valence-electron chi connectivity index (χ1n) is 10.7. The van der Waals surface area contributed by atoms with Gasteiger partial charge in [0, 0.05) is 16.7 Å². The van der Waals surface area contributed by atoms with Crippen LogP contribution in [0.5, 0.6) is 5.75 Å². The molecule has 0 N–H and O–H groups in total. The smallest absolute Gasteiger partial charge is 0.362 e. The molecule has 0 aliphatic carbocycles. The lowest BCUT2D eigenvalue weighted by Gasteiger charge is -2.11. The number of ether oxygens (including phenoxy) is 1. The number of aryl methyl sites for hydroxylation is 1. The summed E-state index contributed by atoms with van der Waals surface area (Å²) in [5, 5.41) is 0. The lowest BCUT2D eigenvalue weighted by molar-refractivity contribution is 0.415. The van der Waals surface area contributed by atoms with Crippen LogP contribution in [0.15, 0.2) is 105 Å². The number of benzene rings is 3. The van der Waals surface area contributed by atoms with E-state index in [9.17, 15) is 4.79 Å². The molecule has 32 heavy (non-hydrogen) atoms. The third kappa shape index (κ3) is 4.70. The summed E-state index contributed by atoms with van der Waals surface area (Å²) in [6.07, 6.45) is 1.62. The molecular formula is C28H25NO3. The maximum Gasteiger partial charge on any atom is 0.362 e. The number of rotatable bonds is 7. The molecule has 0 aliphatic heterocycles. The molecule has 0 bridgehead atoms. The Labute approximate surface area is 187 Å². The average molecular weight is 424 g/mol. The Morgan fingerprint density at radius 3 is 2.00 bits per heavy atom. The van der Waals surface area contributed by atoms with Crippen molar-refractivity contribution in [1.29, 1.82) is 0 Å². The summed E-state index contributed by atoms with van der Waals surface area (Å²) in [7, 11) is 1.62. The fourth-order valence-electron chi connectivity index (χ4n) is 3.61. The van der Waals surface area contributed by atoms with Crippen molar-refractivity contribution in [3.8, 4) is 17.1 Å². The molecule has 0 fully saturated rings. The van der Waals surface area contributed by atoms with E-state index in [0.29, 0.717) is 11.4 Å². The fraction of sp³-hybridized carbons (Fsp3) is 0.143. The highest BCUT2D eigenvalue weighted by Gasteiger charge is 2.15. The second-order valence-electron chi connectivity index (χ2n) is 7.44. The predicted molar refractivity (Wildman–Crippen MR) is 129 cm³/mol. The van der Waals surface area contributed by atoms with Crippen LogP contribution in [0.1, 0.15) is 30.0 Å². The minimum absolute atomic E-state index is 0.354. The van der Waals surface area contributed by atoms with Crippen LogP contribution in [0.3, 0.4) is 0 Å². The molecule has 0 unspecified atom stereocenters. The molecule has 4 heteroatoms. The number of methoxy groups -OCH3 is 1. The highest BCUT2D eigenvalue weighted by Crippen LogP contribution is 2.27. The first-order valence-corrected chi connectivity index (χ1v) is 10.7. The summed E-state index contributed by atoms with van der Waals surface area (Å²) < 4.78 is 11.0. The number of hydrogen-bond donors (Lipinski definition) is 0. The fourth-order valence-corrected chi connectivity index (χ4v) is 3.61. The van der Waals surface area contributed by atoms with Gasteiger partial charge in [-0.1, -0.05) is 74.0 Å². The van der Waals surface area contributed by atoms with E-state index >= 15 is 0 Å². The van der Waals surface area contributed by atoms with E-state index in [4.69, 9.17) is 14.1 Å². The normalized spacial score (nSPS) is 10.6. The van der Waals surface area contributed by atoms with Crippen molar-refractivity contribution in [1.82, 2.24) is 0 Å². The standard InChI is InChI=1S/C28H25NO3/c1-3-10-23-19-25(20-15-17-24(31-2)18-16-20)32-28(30)27(23)29-26(21-11-6-4-7-12-21)22-13-8-5-9-14-22/h4-9,11-19H,3,10H2,1-2H3. The largest absolute Gasteiger partial charge is 0.497 e. The van der Waals surface area contributed by atoms with Gasteiger partial charge in [0.15, 0.2) is 5.69 Å². The van der Waals surface area contributed by atoms with Crippen molar-refractivity contribution in [3.63, 3.8) is 0 Å². The lowest BCUT2D eigenvalue weighted by Crippen LogP contribution is -2.08. The van der Waals surface area contributed by atoms with Gasteiger partial charge >= 0.3 is 5.63 Å². The van der Waals surface area contributed by atoms with Gasteiger partial charge in [0.25, 0.3) is 0 Å². The molecule has 4 aromatic rings. The molecular weight excluding hydrogens is 398 g/mol. The zero-order valence-electron chi connectivity index (χ0n) is 18.2. The zero-order valence-corrected chi connectivity index (χ0v) is 18.2. The SMILES string of the molecule is CCCc1cc(-c2ccc(OC)cc2)oc(=O)c1N=C(c1ccccc1)c1ccccc1. The second-order valence-corrected chi connectivity index (χ2v) is 7.44. The van der Waals surface area contributed by atoms with E-state index in [1.807, 2.05) is 91.0 Å². The van der Waals surface area contributed by atoms with Crippen LogP contribution in [-0.4, -0.2) is 12.8 Å². The first-order chi connectivity index (χ1) is 15.7. The highest BCUT2D eigenvalue weighted by molar-refractivity contribution is 6.14. The second kappa shape index (κ2) is 9.92. The van der Waals surface area contributed by atoms with E-state index in [0.717, 1.165) is 46.6 Å². The third-order valence-corrected chi connectivity index (χ3v) is 5.22. The van der Waals surface area contributed by atoms with E-state index in [2.05, 4.69) is 6.92 Å². The van der Waals surface area contributed by atoms with Gasteiger partial charge in [0.1, 0.15) is 11.5 Å². The molecule has 0 radical (unpaired) electrons. The van der Waals surface area contributed by atoms with Crippen LogP contribution in [0.2, 0.25) is 0 Å².